The van der Waals surface area contributed by atoms with Gasteiger partial charge in [-0.2, -0.15) is 0 Å². The fraction of sp³-hybridized carbons (Fsp3) is 0.889. The SMILES string of the molecule is CC(C)C(C)(C)C1CCCC=C(O[SiH3])CCCCCC1. The standard InChI is InChI=1S/C18H36OSi/c1-15(2)18(3,4)16-11-7-5-6-8-13-17(19-20)14-10-9-12-16/h14-16H,5-13H2,1-4,20H3. The molecule has 0 saturated heterocycles. The minimum absolute atomic E-state index is 0.477. The summed E-state index contributed by atoms with van der Waals surface area (Å²) < 4.78 is 5.63. The highest BCUT2D eigenvalue weighted by Crippen LogP contribution is 2.41. The van der Waals surface area contributed by atoms with Crippen molar-refractivity contribution in [2.45, 2.75) is 85.5 Å². The van der Waals surface area contributed by atoms with Gasteiger partial charge in [0.15, 0.2) is 0 Å². The van der Waals surface area contributed by atoms with Crippen molar-refractivity contribution in [2.75, 3.05) is 0 Å². The smallest absolute Gasteiger partial charge is 0.203 e. The van der Waals surface area contributed by atoms with E-state index in [0.29, 0.717) is 5.41 Å². The lowest BCUT2D eigenvalue weighted by Crippen LogP contribution is -2.29. The summed E-state index contributed by atoms with van der Waals surface area (Å²) >= 11 is 0. The molecular weight excluding hydrogens is 260 g/mol. The highest BCUT2D eigenvalue weighted by atomic mass is 28.2. The minimum Gasteiger partial charge on any atom is -0.556 e. The summed E-state index contributed by atoms with van der Waals surface area (Å²) in [5, 5.41) is 0. The lowest BCUT2D eigenvalue weighted by molar-refractivity contribution is 0.116. The van der Waals surface area contributed by atoms with Crippen molar-refractivity contribution in [1.82, 2.24) is 0 Å². The van der Waals surface area contributed by atoms with Crippen LogP contribution < -0.4 is 0 Å². The van der Waals surface area contributed by atoms with E-state index in [1.165, 1.54) is 63.5 Å². The second-order valence-electron chi connectivity index (χ2n) is 7.43. The minimum atomic E-state index is 0.477. The van der Waals surface area contributed by atoms with Gasteiger partial charge in [-0.25, -0.2) is 0 Å². The van der Waals surface area contributed by atoms with E-state index in [1.54, 1.807) is 0 Å². The number of hydrogen-bond donors (Lipinski definition) is 0. The van der Waals surface area contributed by atoms with Gasteiger partial charge in [0.1, 0.15) is 0 Å². The molecule has 1 atom stereocenters. The van der Waals surface area contributed by atoms with Crippen LogP contribution in [0.25, 0.3) is 0 Å². The van der Waals surface area contributed by atoms with Crippen LogP contribution in [-0.2, 0) is 4.43 Å². The van der Waals surface area contributed by atoms with E-state index in [2.05, 4.69) is 33.8 Å². The maximum absolute atomic E-state index is 5.63. The molecule has 1 aliphatic rings. The van der Waals surface area contributed by atoms with Crippen molar-refractivity contribution in [2.24, 2.45) is 17.3 Å². The molecule has 0 aromatic rings. The van der Waals surface area contributed by atoms with Gasteiger partial charge >= 0.3 is 0 Å². The predicted octanol–water partition coefficient (Wildman–Crippen LogP) is 4.99. The zero-order valence-corrected chi connectivity index (χ0v) is 16.5. The number of hydrogen-bond acceptors (Lipinski definition) is 1. The second-order valence-corrected chi connectivity index (χ2v) is 7.84. The van der Waals surface area contributed by atoms with Gasteiger partial charge < -0.3 is 4.43 Å². The highest BCUT2D eigenvalue weighted by Gasteiger charge is 2.31. The molecule has 0 radical (unpaired) electrons. The zero-order valence-electron chi connectivity index (χ0n) is 14.5. The van der Waals surface area contributed by atoms with E-state index in [-0.39, 0.29) is 0 Å². The van der Waals surface area contributed by atoms with Crippen molar-refractivity contribution in [3.05, 3.63) is 11.8 Å². The van der Waals surface area contributed by atoms with Gasteiger partial charge in [0.2, 0.25) is 10.5 Å². The monoisotopic (exact) mass is 296 g/mol. The number of rotatable bonds is 3. The Morgan fingerprint density at radius 1 is 1.10 bits per heavy atom. The molecule has 0 saturated carbocycles. The van der Waals surface area contributed by atoms with Crippen molar-refractivity contribution in [1.29, 1.82) is 0 Å². The lowest BCUT2D eigenvalue weighted by atomic mass is 9.67. The van der Waals surface area contributed by atoms with Gasteiger partial charge in [0, 0.05) is 6.42 Å². The molecule has 0 bridgehead atoms. The third kappa shape index (κ3) is 5.63. The van der Waals surface area contributed by atoms with E-state index < -0.39 is 0 Å². The largest absolute Gasteiger partial charge is 0.556 e. The summed E-state index contributed by atoms with van der Waals surface area (Å²) in [4.78, 5) is 0. The fourth-order valence-corrected chi connectivity index (χ4v) is 3.69. The molecule has 0 fully saturated rings. The van der Waals surface area contributed by atoms with Crippen LogP contribution in [0.3, 0.4) is 0 Å². The molecule has 0 amide bonds. The van der Waals surface area contributed by atoms with Gasteiger partial charge in [0.25, 0.3) is 0 Å². The van der Waals surface area contributed by atoms with Crippen LogP contribution in [0.2, 0.25) is 0 Å². The molecule has 2 heteroatoms. The summed E-state index contributed by atoms with van der Waals surface area (Å²) in [5.74, 6) is 2.93. The van der Waals surface area contributed by atoms with Gasteiger partial charge in [-0.15, -0.1) is 0 Å². The summed E-state index contributed by atoms with van der Waals surface area (Å²) in [6.07, 6.45) is 14.4. The van der Waals surface area contributed by atoms with Crippen LogP contribution in [0.15, 0.2) is 11.8 Å². The summed E-state index contributed by atoms with van der Waals surface area (Å²) in [7, 11) is 0.841. The molecule has 0 aliphatic heterocycles. The molecule has 1 rings (SSSR count). The molecule has 0 spiro atoms. The zero-order chi connectivity index (χ0) is 15.0. The van der Waals surface area contributed by atoms with Crippen LogP contribution in [0.1, 0.15) is 85.5 Å². The first-order chi connectivity index (χ1) is 9.48. The molecular formula is C18H36OSi. The lowest BCUT2D eigenvalue weighted by Gasteiger charge is -2.38. The quantitative estimate of drug-likeness (QED) is 0.667. The maximum atomic E-state index is 5.63. The normalized spacial score (nSPS) is 23.9. The highest BCUT2D eigenvalue weighted by molar-refractivity contribution is 5.98. The van der Waals surface area contributed by atoms with E-state index in [9.17, 15) is 0 Å². The average Bonchev–Trinajstić information content (AvgIpc) is 2.39. The average molecular weight is 297 g/mol. The van der Waals surface area contributed by atoms with E-state index in [4.69, 9.17) is 4.43 Å². The molecule has 0 heterocycles. The Morgan fingerprint density at radius 2 is 1.75 bits per heavy atom. The van der Waals surface area contributed by atoms with Gasteiger partial charge in [-0.1, -0.05) is 47.0 Å². The molecule has 1 nitrogen and oxygen atoms in total. The fourth-order valence-electron chi connectivity index (χ4n) is 3.32. The van der Waals surface area contributed by atoms with Crippen LogP contribution in [0.4, 0.5) is 0 Å². The molecule has 1 unspecified atom stereocenters. The molecule has 0 aromatic carbocycles. The first kappa shape index (κ1) is 17.8. The van der Waals surface area contributed by atoms with Crippen LogP contribution in [0, 0.1) is 17.3 Å². The van der Waals surface area contributed by atoms with Crippen LogP contribution in [0.5, 0.6) is 0 Å². The molecule has 20 heavy (non-hydrogen) atoms. The maximum Gasteiger partial charge on any atom is 0.203 e. The summed E-state index contributed by atoms with van der Waals surface area (Å²) in [5.41, 5.74) is 0.477. The Hall–Kier alpha value is -0.243. The predicted molar refractivity (Wildman–Crippen MR) is 92.8 cm³/mol. The summed E-state index contributed by atoms with van der Waals surface area (Å²) in [6, 6.07) is 0. The van der Waals surface area contributed by atoms with E-state index in [0.717, 1.165) is 22.3 Å². The third-order valence-corrected chi connectivity index (χ3v) is 6.18. The molecule has 118 valence electrons. The second kappa shape index (κ2) is 8.91. The van der Waals surface area contributed by atoms with Gasteiger partial charge in [0.05, 0.1) is 5.76 Å². The Morgan fingerprint density at radius 3 is 2.40 bits per heavy atom. The van der Waals surface area contributed by atoms with Crippen LogP contribution >= 0.6 is 0 Å². The van der Waals surface area contributed by atoms with E-state index >= 15 is 0 Å². The number of allylic oxidation sites excluding steroid dienone is 2. The van der Waals surface area contributed by atoms with Crippen LogP contribution in [-0.4, -0.2) is 10.5 Å². The Balaban J connectivity index is 2.65. The van der Waals surface area contributed by atoms with Gasteiger partial charge in [-0.3, -0.25) is 0 Å². The molecule has 1 aliphatic carbocycles. The first-order valence-electron chi connectivity index (χ1n) is 8.71. The van der Waals surface area contributed by atoms with Gasteiger partial charge in [-0.05, 0) is 55.4 Å². The summed E-state index contributed by atoms with van der Waals surface area (Å²) in [6.45, 7) is 9.75. The van der Waals surface area contributed by atoms with Crippen molar-refractivity contribution in [3.8, 4) is 0 Å². The van der Waals surface area contributed by atoms with Crippen molar-refractivity contribution in [3.63, 3.8) is 0 Å². The molecule has 0 N–H and O–H groups in total. The topological polar surface area (TPSA) is 9.23 Å². The Kier molecular flexibility index (Phi) is 7.94. The van der Waals surface area contributed by atoms with Crippen molar-refractivity contribution >= 4 is 10.5 Å². The van der Waals surface area contributed by atoms with Crippen molar-refractivity contribution < 1.29 is 4.43 Å². The molecule has 0 aromatic heterocycles. The Labute approximate surface area is 130 Å². The van der Waals surface area contributed by atoms with E-state index in [1.807, 2.05) is 0 Å². The Bertz CT molecular complexity index is 294. The third-order valence-electron chi connectivity index (χ3n) is 5.66. The first-order valence-corrected chi connectivity index (χ1v) is 9.53.